The van der Waals surface area contributed by atoms with Crippen LogP contribution in [0.2, 0.25) is 0 Å². The predicted octanol–water partition coefficient (Wildman–Crippen LogP) is 7.40. The maximum Gasteiger partial charge on any atom is 0.158 e. The van der Waals surface area contributed by atoms with Crippen molar-refractivity contribution in [3.05, 3.63) is 69.8 Å². The monoisotopic (exact) mass is 814 g/mol. The standard InChI is InChI=1S/C50H54O8S/c1-5-25-51-47(21-1)55-29-9-15-41-35-42(16-10-30-56-48-22-2-6-26-52-48)38-45(37-41)19-13-33-59-34-14-20-46-39-43(17-11-31-57-49-23-3-7-27-53-49)36-44(40-46)18-12-32-58-50-24-4-8-28-54-50/h35-40,47-50H,1-8,21-34H2. The van der Waals surface area contributed by atoms with E-state index in [-0.39, 0.29) is 25.2 Å². The van der Waals surface area contributed by atoms with Crippen LogP contribution in [0.4, 0.5) is 0 Å². The van der Waals surface area contributed by atoms with E-state index >= 15 is 0 Å². The molecule has 4 atom stereocenters. The molecule has 9 heteroatoms. The van der Waals surface area contributed by atoms with Crippen molar-refractivity contribution in [1.82, 2.24) is 0 Å². The zero-order valence-corrected chi connectivity index (χ0v) is 34.8. The number of ether oxygens (including phenoxy) is 8. The molecule has 4 saturated heterocycles. The van der Waals surface area contributed by atoms with Gasteiger partial charge in [0.25, 0.3) is 0 Å². The average Bonchev–Trinajstić information content (AvgIpc) is 3.28. The van der Waals surface area contributed by atoms with Crippen molar-refractivity contribution in [3.63, 3.8) is 0 Å². The quantitative estimate of drug-likeness (QED) is 0.180. The first-order chi connectivity index (χ1) is 29.2. The van der Waals surface area contributed by atoms with Gasteiger partial charge in [0.15, 0.2) is 25.2 Å². The van der Waals surface area contributed by atoms with E-state index in [1.54, 1.807) is 11.8 Å². The predicted molar refractivity (Wildman–Crippen MR) is 230 cm³/mol. The van der Waals surface area contributed by atoms with Gasteiger partial charge in [0, 0.05) is 59.8 Å². The molecule has 0 bridgehead atoms. The van der Waals surface area contributed by atoms with Gasteiger partial charge in [-0.1, -0.05) is 71.0 Å². The van der Waals surface area contributed by atoms with Crippen LogP contribution in [0.5, 0.6) is 0 Å². The van der Waals surface area contributed by atoms with Crippen LogP contribution in [0, 0.1) is 71.0 Å². The number of hydrogen-bond donors (Lipinski definition) is 0. The molecule has 4 heterocycles. The van der Waals surface area contributed by atoms with Gasteiger partial charge in [-0.15, -0.1) is 11.8 Å². The molecule has 4 aliphatic rings. The molecule has 0 amide bonds. The van der Waals surface area contributed by atoms with E-state index in [1.807, 2.05) is 36.4 Å². The molecule has 8 nitrogen and oxygen atoms in total. The molecular weight excluding hydrogens is 761 g/mol. The van der Waals surface area contributed by atoms with Gasteiger partial charge in [0.05, 0.1) is 11.5 Å². The lowest BCUT2D eigenvalue weighted by Crippen LogP contribution is -2.22. The van der Waals surface area contributed by atoms with E-state index in [9.17, 15) is 0 Å². The van der Waals surface area contributed by atoms with Crippen molar-refractivity contribution in [2.75, 3.05) is 64.4 Å². The van der Waals surface area contributed by atoms with E-state index in [2.05, 4.69) is 71.0 Å². The maximum absolute atomic E-state index is 5.81. The smallest absolute Gasteiger partial charge is 0.158 e. The second kappa shape index (κ2) is 26.8. The number of thioether (sulfide) groups is 1. The molecule has 2 aromatic rings. The summed E-state index contributed by atoms with van der Waals surface area (Å²) in [7, 11) is 0. The number of rotatable bonds is 10. The molecule has 4 unspecified atom stereocenters. The van der Waals surface area contributed by atoms with Crippen LogP contribution < -0.4 is 0 Å². The highest BCUT2D eigenvalue weighted by molar-refractivity contribution is 7.99. The third kappa shape index (κ3) is 17.9. The van der Waals surface area contributed by atoms with Gasteiger partial charge < -0.3 is 37.9 Å². The van der Waals surface area contributed by atoms with Crippen LogP contribution in [-0.2, 0) is 37.9 Å². The second-order valence-electron chi connectivity index (χ2n) is 14.3. The Morgan fingerprint density at radius 1 is 0.373 bits per heavy atom. The zero-order chi connectivity index (χ0) is 40.4. The van der Waals surface area contributed by atoms with E-state index in [0.717, 1.165) is 137 Å². The topological polar surface area (TPSA) is 73.8 Å². The van der Waals surface area contributed by atoms with Crippen molar-refractivity contribution in [1.29, 1.82) is 0 Å². The van der Waals surface area contributed by atoms with Gasteiger partial charge >= 0.3 is 0 Å². The summed E-state index contributed by atoms with van der Waals surface area (Å²) in [6, 6.07) is 11.9. The van der Waals surface area contributed by atoms with Crippen molar-refractivity contribution in [2.24, 2.45) is 0 Å². The summed E-state index contributed by atoms with van der Waals surface area (Å²) in [5, 5.41) is 0. The fraction of sp³-hybridized carbons (Fsp3) is 0.520. The second-order valence-corrected chi connectivity index (χ2v) is 15.3. The lowest BCUT2D eigenvalue weighted by Gasteiger charge is -2.21. The van der Waals surface area contributed by atoms with Crippen LogP contribution in [0.1, 0.15) is 110 Å². The van der Waals surface area contributed by atoms with Crippen LogP contribution in [0.15, 0.2) is 36.4 Å². The van der Waals surface area contributed by atoms with Crippen molar-refractivity contribution >= 4 is 11.8 Å². The van der Waals surface area contributed by atoms with Gasteiger partial charge in [-0.25, -0.2) is 0 Å². The van der Waals surface area contributed by atoms with Crippen LogP contribution >= 0.6 is 11.8 Å². The molecule has 2 aromatic carbocycles. The molecule has 4 fully saturated rings. The minimum Gasteiger partial charge on any atom is -0.353 e. The SMILES string of the molecule is C(#Cc1cc(C#CCOC2CCCCO2)cc(C#CCSCC#Cc2cc(C#CCOC3CCCCO3)cc(C#CCOC3CCCCO3)c2)c1)COC1CCCCO1. The van der Waals surface area contributed by atoms with Crippen LogP contribution in [0.3, 0.4) is 0 Å². The Morgan fingerprint density at radius 2 is 0.627 bits per heavy atom. The first-order valence-corrected chi connectivity index (χ1v) is 22.1. The van der Waals surface area contributed by atoms with E-state index in [0.29, 0.717) is 37.9 Å². The van der Waals surface area contributed by atoms with Crippen molar-refractivity contribution in [3.8, 4) is 71.0 Å². The Balaban J connectivity index is 1.05. The lowest BCUT2D eigenvalue weighted by molar-refractivity contribution is -0.154. The molecule has 6 rings (SSSR count). The highest BCUT2D eigenvalue weighted by Crippen LogP contribution is 2.17. The molecule has 0 spiro atoms. The Bertz CT molecular complexity index is 1740. The summed E-state index contributed by atoms with van der Waals surface area (Å²) in [6.45, 7) is 4.17. The number of benzene rings is 2. The average molecular weight is 815 g/mol. The Kier molecular flexibility index (Phi) is 20.2. The first kappa shape index (κ1) is 44.4. The van der Waals surface area contributed by atoms with Gasteiger partial charge in [-0.2, -0.15) is 0 Å². The van der Waals surface area contributed by atoms with Gasteiger partial charge in [-0.3, -0.25) is 0 Å². The summed E-state index contributed by atoms with van der Waals surface area (Å²) >= 11 is 1.66. The molecule has 4 aliphatic heterocycles. The Morgan fingerprint density at radius 3 is 0.864 bits per heavy atom. The Labute approximate surface area is 355 Å². The highest BCUT2D eigenvalue weighted by atomic mass is 32.2. The molecule has 308 valence electrons. The van der Waals surface area contributed by atoms with E-state index in [1.165, 1.54) is 0 Å². The highest BCUT2D eigenvalue weighted by Gasteiger charge is 2.15. The molecule has 0 radical (unpaired) electrons. The van der Waals surface area contributed by atoms with Crippen molar-refractivity contribution in [2.45, 2.75) is 102 Å². The summed E-state index contributed by atoms with van der Waals surface area (Å²) in [5.41, 5.74) is 5.02. The molecule has 0 aliphatic carbocycles. The van der Waals surface area contributed by atoms with Crippen LogP contribution in [0.25, 0.3) is 0 Å². The fourth-order valence-electron chi connectivity index (χ4n) is 6.58. The van der Waals surface area contributed by atoms with Crippen LogP contribution in [-0.4, -0.2) is 89.5 Å². The summed E-state index contributed by atoms with van der Waals surface area (Å²) in [4.78, 5) is 0. The molecule has 0 N–H and O–H groups in total. The minimum absolute atomic E-state index is 0.173. The third-order valence-corrected chi connectivity index (χ3v) is 10.2. The zero-order valence-electron chi connectivity index (χ0n) is 34.0. The normalized spacial score (nSPS) is 21.2. The summed E-state index contributed by atoms with van der Waals surface area (Å²) in [5.74, 6) is 39.8. The lowest BCUT2D eigenvalue weighted by atomic mass is 10.1. The van der Waals surface area contributed by atoms with Gasteiger partial charge in [0.2, 0.25) is 0 Å². The first-order valence-electron chi connectivity index (χ1n) is 21.0. The summed E-state index contributed by atoms with van der Waals surface area (Å²) < 4.78 is 45.9. The molecule has 59 heavy (non-hydrogen) atoms. The summed E-state index contributed by atoms with van der Waals surface area (Å²) in [6.07, 6.45) is 11.7. The minimum atomic E-state index is -0.173. The molecular formula is C50H54O8S. The third-order valence-electron chi connectivity index (χ3n) is 9.53. The van der Waals surface area contributed by atoms with E-state index < -0.39 is 0 Å². The van der Waals surface area contributed by atoms with Gasteiger partial charge in [0.1, 0.15) is 26.4 Å². The maximum atomic E-state index is 5.81. The van der Waals surface area contributed by atoms with Gasteiger partial charge in [-0.05, 0) is 113 Å². The fourth-order valence-corrected chi connectivity index (χ4v) is 7.03. The van der Waals surface area contributed by atoms with E-state index in [4.69, 9.17) is 37.9 Å². The molecule has 0 saturated carbocycles. The largest absolute Gasteiger partial charge is 0.353 e. The van der Waals surface area contributed by atoms with Crippen molar-refractivity contribution < 1.29 is 37.9 Å². The molecule has 0 aromatic heterocycles. The number of hydrogen-bond acceptors (Lipinski definition) is 9. The Hall–Kier alpha value is -4.17.